The molecule has 2 aromatic carbocycles. The molecule has 0 radical (unpaired) electrons. The van der Waals surface area contributed by atoms with Crippen LogP contribution in [0.4, 0.5) is 5.69 Å². The Morgan fingerprint density at radius 2 is 1.81 bits per heavy atom. The van der Waals surface area contributed by atoms with E-state index in [2.05, 4.69) is 10.6 Å². The highest BCUT2D eigenvalue weighted by Gasteiger charge is 2.42. The van der Waals surface area contributed by atoms with Gasteiger partial charge in [-0.15, -0.1) is 11.8 Å². The van der Waals surface area contributed by atoms with Crippen molar-refractivity contribution in [3.63, 3.8) is 0 Å². The molecule has 0 aromatic heterocycles. The van der Waals surface area contributed by atoms with E-state index in [1.807, 2.05) is 42.5 Å². The second-order valence-electron chi connectivity index (χ2n) is 7.52. The van der Waals surface area contributed by atoms with Crippen LogP contribution in [0.2, 0.25) is 0 Å². The van der Waals surface area contributed by atoms with Crippen LogP contribution in [0.25, 0.3) is 0 Å². The maximum Gasteiger partial charge on any atom is 0.306 e. The Morgan fingerprint density at radius 3 is 2.50 bits per heavy atom. The van der Waals surface area contributed by atoms with Gasteiger partial charge in [0, 0.05) is 24.8 Å². The van der Waals surface area contributed by atoms with Crippen LogP contribution in [0.15, 0.2) is 59.5 Å². The number of fused-ring (bicyclic) bond motifs is 1. The number of rotatable bonds is 5. The predicted octanol–water partition coefficient (Wildman–Crippen LogP) is 1.80. The molecule has 1 saturated heterocycles. The summed E-state index contributed by atoms with van der Waals surface area (Å²) < 4.78 is 5.10. The van der Waals surface area contributed by atoms with Gasteiger partial charge in [-0.1, -0.05) is 42.5 Å². The van der Waals surface area contributed by atoms with E-state index in [4.69, 9.17) is 4.74 Å². The highest BCUT2D eigenvalue weighted by Crippen LogP contribution is 2.45. The topological polar surface area (TPSA) is 105 Å². The molecule has 8 nitrogen and oxygen atoms in total. The fraction of sp³-hybridized carbons (Fsp3) is 0.304. The van der Waals surface area contributed by atoms with Crippen molar-refractivity contribution in [2.24, 2.45) is 0 Å². The van der Waals surface area contributed by atoms with Gasteiger partial charge in [-0.05, 0) is 17.7 Å². The quantitative estimate of drug-likeness (QED) is 0.669. The number of carbonyl (C=O) groups excluding carboxylic acids is 4. The first-order valence-corrected chi connectivity index (χ1v) is 11.2. The first-order chi connectivity index (χ1) is 15.5. The fourth-order valence-electron chi connectivity index (χ4n) is 3.78. The van der Waals surface area contributed by atoms with Gasteiger partial charge >= 0.3 is 5.97 Å². The third kappa shape index (κ3) is 4.47. The van der Waals surface area contributed by atoms with Crippen LogP contribution in [0.1, 0.15) is 23.7 Å². The minimum Gasteiger partial charge on any atom is -0.452 e. The van der Waals surface area contributed by atoms with E-state index < -0.39 is 35.2 Å². The average molecular weight is 454 g/mol. The maximum absolute atomic E-state index is 13.8. The van der Waals surface area contributed by atoms with Gasteiger partial charge in [0.05, 0.1) is 10.9 Å². The Hall–Kier alpha value is -3.33. The largest absolute Gasteiger partial charge is 0.452 e. The third-order valence-electron chi connectivity index (χ3n) is 5.43. The first-order valence-electron chi connectivity index (χ1n) is 10.3. The molecule has 2 aliphatic rings. The zero-order valence-corrected chi connectivity index (χ0v) is 18.3. The molecular formula is C23H23N3O5S. The summed E-state index contributed by atoms with van der Waals surface area (Å²) in [4.78, 5) is 52.6. The van der Waals surface area contributed by atoms with E-state index in [1.165, 1.54) is 23.7 Å². The third-order valence-corrected chi connectivity index (χ3v) is 6.83. The number of esters is 1. The minimum atomic E-state index is -0.966. The van der Waals surface area contributed by atoms with Crippen molar-refractivity contribution in [1.82, 2.24) is 10.6 Å². The highest BCUT2D eigenvalue weighted by atomic mass is 32.2. The van der Waals surface area contributed by atoms with E-state index in [0.29, 0.717) is 5.69 Å². The van der Waals surface area contributed by atoms with Gasteiger partial charge in [0.2, 0.25) is 5.91 Å². The molecule has 2 aliphatic heterocycles. The Bertz CT molecular complexity index is 1040. The number of nitrogens with zero attached hydrogens (tertiary/aromatic N) is 1. The van der Waals surface area contributed by atoms with Gasteiger partial charge in [0.15, 0.2) is 6.10 Å². The Morgan fingerprint density at radius 1 is 1.09 bits per heavy atom. The first kappa shape index (κ1) is 21.9. The molecule has 1 fully saturated rings. The van der Waals surface area contributed by atoms with E-state index in [-0.39, 0.29) is 25.3 Å². The predicted molar refractivity (Wildman–Crippen MR) is 119 cm³/mol. The Kier molecular flexibility index (Phi) is 6.45. The molecule has 4 rings (SSSR count). The number of likely N-dealkylation sites (N-methyl/N-ethyl adjacent to an activating group) is 1. The second-order valence-corrected chi connectivity index (χ2v) is 8.70. The Balaban J connectivity index is 1.74. The molecule has 0 aliphatic carbocycles. The zero-order valence-electron chi connectivity index (χ0n) is 17.4. The summed E-state index contributed by atoms with van der Waals surface area (Å²) in [6, 6.07) is 15.8. The summed E-state index contributed by atoms with van der Waals surface area (Å²) in [6.45, 7) is -0.181. The number of anilines is 1. The number of benzene rings is 2. The lowest BCUT2D eigenvalue weighted by atomic mass is 10.0. The van der Waals surface area contributed by atoms with Gasteiger partial charge in [-0.2, -0.15) is 0 Å². The average Bonchev–Trinajstić information content (AvgIpc) is 3.22. The van der Waals surface area contributed by atoms with Crippen LogP contribution in [-0.4, -0.2) is 49.4 Å². The summed E-state index contributed by atoms with van der Waals surface area (Å²) in [5, 5.41) is 4.92. The number of amides is 3. The van der Waals surface area contributed by atoms with Gasteiger partial charge in [-0.3, -0.25) is 19.2 Å². The SMILES string of the molecule is CNC(=O)CN1C(=O)[C@H](NC(=O)[C@@H]2CCC(=O)O2)[C@@H](c2ccccc2)Sc2ccccc21. The number of hydrogen-bond acceptors (Lipinski definition) is 6. The van der Waals surface area contributed by atoms with Crippen molar-refractivity contribution in [2.45, 2.75) is 35.1 Å². The van der Waals surface area contributed by atoms with E-state index in [1.54, 1.807) is 12.1 Å². The lowest BCUT2D eigenvalue weighted by Gasteiger charge is -2.29. The molecule has 0 unspecified atom stereocenters. The molecule has 2 aromatic rings. The number of ether oxygens (including phenoxy) is 1. The molecule has 32 heavy (non-hydrogen) atoms. The molecule has 3 atom stereocenters. The number of para-hydroxylation sites is 1. The molecule has 0 saturated carbocycles. The van der Waals surface area contributed by atoms with Crippen molar-refractivity contribution in [3.8, 4) is 0 Å². The summed E-state index contributed by atoms with van der Waals surface area (Å²) in [6.07, 6.45) is -0.478. The van der Waals surface area contributed by atoms with Crippen molar-refractivity contribution in [2.75, 3.05) is 18.5 Å². The smallest absolute Gasteiger partial charge is 0.306 e. The van der Waals surface area contributed by atoms with E-state index in [9.17, 15) is 19.2 Å². The van der Waals surface area contributed by atoms with Crippen molar-refractivity contribution in [1.29, 1.82) is 0 Å². The van der Waals surface area contributed by atoms with Crippen molar-refractivity contribution in [3.05, 3.63) is 60.2 Å². The van der Waals surface area contributed by atoms with Crippen molar-refractivity contribution < 1.29 is 23.9 Å². The van der Waals surface area contributed by atoms with Crippen LogP contribution < -0.4 is 15.5 Å². The lowest BCUT2D eigenvalue weighted by molar-refractivity contribution is -0.148. The molecule has 0 spiro atoms. The van der Waals surface area contributed by atoms with Crippen LogP contribution in [0, 0.1) is 0 Å². The molecule has 2 heterocycles. The minimum absolute atomic E-state index is 0.168. The second kappa shape index (κ2) is 9.44. The van der Waals surface area contributed by atoms with Crippen LogP contribution in [0.3, 0.4) is 0 Å². The van der Waals surface area contributed by atoms with Crippen LogP contribution >= 0.6 is 11.8 Å². The molecule has 3 amide bonds. The fourth-order valence-corrected chi connectivity index (χ4v) is 5.13. The standard InChI is InChI=1S/C23H23N3O5S/c1-24-18(27)13-26-15-9-5-6-10-17(15)32-21(14-7-3-2-4-8-14)20(23(26)30)25-22(29)16-11-12-19(28)31-16/h2-10,16,20-21H,11-13H2,1H3,(H,24,27)(H,25,29)/t16-,20+,21+/m0/s1. The van der Waals surface area contributed by atoms with E-state index in [0.717, 1.165) is 10.5 Å². The van der Waals surface area contributed by atoms with E-state index >= 15 is 0 Å². The molecule has 9 heteroatoms. The normalized spacial score (nSPS) is 22.5. The number of carbonyl (C=O) groups is 4. The monoisotopic (exact) mass is 453 g/mol. The lowest BCUT2D eigenvalue weighted by Crippen LogP contribution is -2.54. The van der Waals surface area contributed by atoms with Gasteiger partial charge in [0.25, 0.3) is 11.8 Å². The molecule has 166 valence electrons. The number of cyclic esters (lactones) is 1. The Labute approximate surface area is 189 Å². The van der Waals surface area contributed by atoms with Gasteiger partial charge in [-0.25, -0.2) is 0 Å². The summed E-state index contributed by atoms with van der Waals surface area (Å²) in [7, 11) is 1.51. The van der Waals surface area contributed by atoms with Crippen LogP contribution in [-0.2, 0) is 23.9 Å². The number of hydrogen-bond donors (Lipinski definition) is 2. The number of nitrogens with one attached hydrogen (secondary N) is 2. The maximum atomic E-state index is 13.8. The highest BCUT2D eigenvalue weighted by molar-refractivity contribution is 7.99. The molecular weight excluding hydrogens is 430 g/mol. The zero-order chi connectivity index (χ0) is 22.7. The molecule has 0 bridgehead atoms. The summed E-state index contributed by atoms with van der Waals surface area (Å²) >= 11 is 1.45. The van der Waals surface area contributed by atoms with Crippen LogP contribution in [0.5, 0.6) is 0 Å². The van der Waals surface area contributed by atoms with Gasteiger partial charge in [0.1, 0.15) is 12.6 Å². The van der Waals surface area contributed by atoms with Gasteiger partial charge < -0.3 is 20.3 Å². The summed E-state index contributed by atoms with van der Waals surface area (Å²) in [5.41, 5.74) is 1.47. The molecule has 2 N–H and O–H groups in total. The van der Waals surface area contributed by atoms with Crippen molar-refractivity contribution >= 4 is 41.1 Å². The summed E-state index contributed by atoms with van der Waals surface area (Å²) in [5.74, 6) is -1.68. The number of thioether (sulfide) groups is 1.